The Morgan fingerprint density at radius 1 is 1.29 bits per heavy atom. The molecule has 2 N–H and O–H groups in total. The van der Waals surface area contributed by atoms with Crippen molar-refractivity contribution in [3.05, 3.63) is 41.6 Å². The number of ether oxygens (including phenoxy) is 1. The molecule has 0 atom stereocenters. The number of carbonyl (C=O) groups excluding carboxylic acids is 1. The van der Waals surface area contributed by atoms with Gasteiger partial charge < -0.3 is 15.4 Å². The van der Waals surface area contributed by atoms with Crippen LogP contribution in [-0.4, -0.2) is 25.7 Å². The molecule has 0 unspecified atom stereocenters. The average molecular weight is 329 g/mol. The zero-order valence-corrected chi connectivity index (χ0v) is 15.0. The normalized spacial score (nSPS) is 11.7. The molecule has 0 spiro atoms. The predicted octanol–water partition coefficient (Wildman–Crippen LogP) is 3.35. The number of nitriles is 1. The van der Waals surface area contributed by atoms with E-state index in [9.17, 15) is 4.79 Å². The van der Waals surface area contributed by atoms with Crippen LogP contribution in [0.15, 0.2) is 36.0 Å². The topological polar surface area (TPSA) is 74.1 Å². The van der Waals surface area contributed by atoms with Crippen LogP contribution in [0.1, 0.15) is 39.7 Å². The standard InChI is InChI=1S/C19H27N3O2/c1-5-24-12-6-11-21-18(23)15(13-20)14-22-17-9-7-16(8-10-17)19(2,3)4/h7-10,14,22H,5-6,11-12H2,1-4H3,(H,21,23)/b15-14-. The van der Waals surface area contributed by atoms with E-state index in [2.05, 4.69) is 31.4 Å². The summed E-state index contributed by atoms with van der Waals surface area (Å²) in [5.74, 6) is -0.382. The van der Waals surface area contributed by atoms with Crippen molar-refractivity contribution in [2.75, 3.05) is 25.1 Å². The Balaban J connectivity index is 2.56. The summed E-state index contributed by atoms with van der Waals surface area (Å²) >= 11 is 0. The minimum absolute atomic E-state index is 0.0475. The fourth-order valence-electron chi connectivity index (χ4n) is 1.99. The lowest BCUT2D eigenvalue weighted by Gasteiger charge is -2.19. The number of nitrogens with one attached hydrogen (secondary N) is 2. The Hall–Kier alpha value is -2.32. The van der Waals surface area contributed by atoms with E-state index in [-0.39, 0.29) is 16.9 Å². The van der Waals surface area contributed by atoms with Gasteiger partial charge in [0.05, 0.1) is 0 Å². The Kier molecular flexibility index (Phi) is 8.00. The monoisotopic (exact) mass is 329 g/mol. The van der Waals surface area contributed by atoms with Crippen molar-refractivity contribution in [2.45, 2.75) is 39.5 Å². The van der Waals surface area contributed by atoms with E-state index in [1.54, 1.807) is 0 Å². The van der Waals surface area contributed by atoms with Gasteiger partial charge in [-0.05, 0) is 36.5 Å². The molecular formula is C19H27N3O2. The van der Waals surface area contributed by atoms with Crippen molar-refractivity contribution in [3.63, 3.8) is 0 Å². The largest absolute Gasteiger partial charge is 0.382 e. The van der Waals surface area contributed by atoms with Crippen LogP contribution in [0.4, 0.5) is 5.69 Å². The van der Waals surface area contributed by atoms with Gasteiger partial charge in [0.1, 0.15) is 11.6 Å². The third-order valence-corrected chi connectivity index (χ3v) is 3.45. The second-order valence-corrected chi connectivity index (χ2v) is 6.45. The number of hydrogen-bond donors (Lipinski definition) is 2. The number of nitrogens with zero attached hydrogens (tertiary/aromatic N) is 1. The summed E-state index contributed by atoms with van der Waals surface area (Å²) in [4.78, 5) is 11.9. The van der Waals surface area contributed by atoms with E-state index in [1.807, 2.05) is 37.3 Å². The van der Waals surface area contributed by atoms with Gasteiger partial charge in [-0.2, -0.15) is 5.26 Å². The van der Waals surface area contributed by atoms with E-state index >= 15 is 0 Å². The maximum Gasteiger partial charge on any atom is 0.263 e. The Morgan fingerprint density at radius 3 is 2.50 bits per heavy atom. The molecule has 0 aromatic heterocycles. The van der Waals surface area contributed by atoms with Crippen LogP contribution in [0.5, 0.6) is 0 Å². The molecule has 0 fully saturated rings. The number of hydrogen-bond acceptors (Lipinski definition) is 4. The molecule has 0 bridgehead atoms. The van der Waals surface area contributed by atoms with E-state index in [0.717, 1.165) is 12.1 Å². The summed E-state index contributed by atoms with van der Waals surface area (Å²) in [6.45, 7) is 10.1. The lowest BCUT2D eigenvalue weighted by molar-refractivity contribution is -0.117. The van der Waals surface area contributed by atoms with Crippen LogP contribution >= 0.6 is 0 Å². The van der Waals surface area contributed by atoms with Gasteiger partial charge >= 0.3 is 0 Å². The van der Waals surface area contributed by atoms with Crippen LogP contribution in [-0.2, 0) is 14.9 Å². The van der Waals surface area contributed by atoms with Crippen LogP contribution in [0.25, 0.3) is 0 Å². The molecule has 0 saturated carbocycles. The lowest BCUT2D eigenvalue weighted by atomic mass is 9.87. The van der Waals surface area contributed by atoms with Gasteiger partial charge in [-0.3, -0.25) is 4.79 Å². The maximum atomic E-state index is 11.9. The van der Waals surface area contributed by atoms with Gasteiger partial charge in [0.25, 0.3) is 5.91 Å². The van der Waals surface area contributed by atoms with Crippen LogP contribution in [0.2, 0.25) is 0 Å². The van der Waals surface area contributed by atoms with Crippen molar-refractivity contribution >= 4 is 11.6 Å². The SMILES string of the molecule is CCOCCCNC(=O)/C(C#N)=C\Nc1ccc(C(C)(C)C)cc1. The molecule has 0 saturated heterocycles. The number of benzene rings is 1. The van der Waals surface area contributed by atoms with Crippen LogP contribution in [0, 0.1) is 11.3 Å². The van der Waals surface area contributed by atoms with E-state index in [0.29, 0.717) is 19.8 Å². The third kappa shape index (κ3) is 6.84. The molecule has 1 aromatic carbocycles. The zero-order valence-electron chi connectivity index (χ0n) is 15.0. The number of carbonyl (C=O) groups is 1. The van der Waals surface area contributed by atoms with E-state index < -0.39 is 0 Å². The fourth-order valence-corrected chi connectivity index (χ4v) is 1.99. The zero-order chi connectivity index (χ0) is 18.0. The highest BCUT2D eigenvalue weighted by Gasteiger charge is 2.13. The molecule has 130 valence electrons. The van der Waals surface area contributed by atoms with E-state index in [4.69, 9.17) is 10.00 Å². The van der Waals surface area contributed by atoms with Crippen LogP contribution < -0.4 is 10.6 Å². The van der Waals surface area contributed by atoms with Gasteiger partial charge in [0.2, 0.25) is 0 Å². The minimum Gasteiger partial charge on any atom is -0.382 e. The van der Waals surface area contributed by atoms with Gasteiger partial charge in [-0.15, -0.1) is 0 Å². The summed E-state index contributed by atoms with van der Waals surface area (Å²) in [5.41, 5.74) is 2.20. The number of anilines is 1. The molecule has 0 aliphatic heterocycles. The molecule has 1 rings (SSSR count). The summed E-state index contributed by atoms with van der Waals surface area (Å²) in [7, 11) is 0. The van der Waals surface area contributed by atoms with Gasteiger partial charge in [-0.25, -0.2) is 0 Å². The first-order valence-corrected chi connectivity index (χ1v) is 8.21. The van der Waals surface area contributed by atoms with Crippen LogP contribution in [0.3, 0.4) is 0 Å². The molecule has 0 radical (unpaired) electrons. The molecule has 1 amide bonds. The summed E-state index contributed by atoms with van der Waals surface area (Å²) < 4.78 is 5.20. The summed E-state index contributed by atoms with van der Waals surface area (Å²) in [6.07, 6.45) is 2.16. The van der Waals surface area contributed by atoms with Gasteiger partial charge in [0, 0.05) is 31.6 Å². The molecule has 5 heteroatoms. The average Bonchev–Trinajstić information content (AvgIpc) is 2.55. The Bertz CT molecular complexity index is 593. The first kappa shape index (κ1) is 19.7. The molecule has 1 aromatic rings. The maximum absolute atomic E-state index is 11.9. The highest BCUT2D eigenvalue weighted by molar-refractivity contribution is 5.97. The van der Waals surface area contributed by atoms with Gasteiger partial charge in [0.15, 0.2) is 0 Å². The first-order valence-electron chi connectivity index (χ1n) is 8.21. The predicted molar refractivity (Wildman–Crippen MR) is 96.6 cm³/mol. The van der Waals surface area contributed by atoms with Gasteiger partial charge in [-0.1, -0.05) is 32.9 Å². The number of amides is 1. The van der Waals surface area contributed by atoms with E-state index in [1.165, 1.54) is 11.8 Å². The molecule has 0 aliphatic rings. The summed E-state index contributed by atoms with van der Waals surface area (Å²) in [5, 5.41) is 14.8. The highest BCUT2D eigenvalue weighted by Crippen LogP contribution is 2.23. The number of rotatable bonds is 8. The van der Waals surface area contributed by atoms with Crippen molar-refractivity contribution < 1.29 is 9.53 Å². The quantitative estimate of drug-likeness (QED) is 0.436. The van der Waals surface area contributed by atoms with Crippen molar-refractivity contribution in [2.24, 2.45) is 0 Å². The molecular weight excluding hydrogens is 302 g/mol. The highest BCUT2D eigenvalue weighted by atomic mass is 16.5. The van der Waals surface area contributed by atoms with Crippen molar-refractivity contribution in [3.8, 4) is 6.07 Å². The lowest BCUT2D eigenvalue weighted by Crippen LogP contribution is -2.26. The fraction of sp³-hybridized carbons (Fsp3) is 0.474. The third-order valence-electron chi connectivity index (χ3n) is 3.45. The smallest absolute Gasteiger partial charge is 0.263 e. The molecule has 0 heterocycles. The Morgan fingerprint density at radius 2 is 1.96 bits per heavy atom. The summed E-state index contributed by atoms with van der Waals surface area (Å²) in [6, 6.07) is 9.86. The first-order chi connectivity index (χ1) is 11.4. The second kappa shape index (κ2) is 9.74. The molecule has 0 aliphatic carbocycles. The second-order valence-electron chi connectivity index (χ2n) is 6.45. The molecule has 24 heavy (non-hydrogen) atoms. The van der Waals surface area contributed by atoms with Crippen molar-refractivity contribution in [1.82, 2.24) is 5.32 Å². The molecule has 5 nitrogen and oxygen atoms in total. The minimum atomic E-state index is -0.382. The van der Waals surface area contributed by atoms with Crippen molar-refractivity contribution in [1.29, 1.82) is 5.26 Å². The Labute approximate surface area is 144 Å².